The summed E-state index contributed by atoms with van der Waals surface area (Å²) in [6.45, 7) is 0. The molecule has 4 heteroatoms. The molecule has 0 bridgehead atoms. The maximum absolute atomic E-state index is 13.5. The second-order valence-corrected chi connectivity index (χ2v) is 3.40. The molecule has 0 aromatic heterocycles. The molecule has 2 aromatic rings. The van der Waals surface area contributed by atoms with Crippen molar-refractivity contribution in [2.24, 2.45) is 0 Å². The normalized spacial score (nSPS) is 10.0. The van der Waals surface area contributed by atoms with E-state index in [0.29, 0.717) is 0 Å². The van der Waals surface area contributed by atoms with Crippen LogP contribution in [0, 0.1) is 28.8 Å². The highest BCUT2D eigenvalue weighted by molar-refractivity contribution is 5.71. The van der Waals surface area contributed by atoms with Gasteiger partial charge < -0.3 is 0 Å². The minimum atomic E-state index is -0.756. The molecule has 2 aromatic carbocycles. The van der Waals surface area contributed by atoms with Gasteiger partial charge in [-0.25, -0.2) is 13.2 Å². The van der Waals surface area contributed by atoms with Crippen molar-refractivity contribution in [3.8, 4) is 17.2 Å². The van der Waals surface area contributed by atoms with Gasteiger partial charge in [-0.3, -0.25) is 0 Å². The summed E-state index contributed by atoms with van der Waals surface area (Å²) in [4.78, 5) is 0. The van der Waals surface area contributed by atoms with Gasteiger partial charge in [-0.15, -0.1) is 0 Å². The average Bonchev–Trinajstić information content (AvgIpc) is 2.32. The minimum Gasteiger partial charge on any atom is -0.207 e. The quantitative estimate of drug-likeness (QED) is 0.737. The molecule has 0 aliphatic heterocycles. The van der Waals surface area contributed by atoms with Crippen molar-refractivity contribution in [1.29, 1.82) is 5.26 Å². The lowest BCUT2D eigenvalue weighted by atomic mass is 9.99. The van der Waals surface area contributed by atoms with Crippen molar-refractivity contribution in [2.75, 3.05) is 0 Å². The molecule has 0 amide bonds. The Kier molecular flexibility index (Phi) is 2.84. The molecule has 84 valence electrons. The smallest absolute Gasteiger partial charge is 0.141 e. The predicted octanol–water partition coefficient (Wildman–Crippen LogP) is 3.64. The molecule has 0 fully saturated rings. The van der Waals surface area contributed by atoms with Crippen LogP contribution in [0.3, 0.4) is 0 Å². The van der Waals surface area contributed by atoms with Crippen molar-refractivity contribution < 1.29 is 13.2 Å². The molecule has 0 aliphatic rings. The molecule has 1 nitrogen and oxygen atoms in total. The summed E-state index contributed by atoms with van der Waals surface area (Å²) >= 11 is 0. The highest BCUT2D eigenvalue weighted by atomic mass is 19.1. The molecular weight excluding hydrogens is 227 g/mol. The summed E-state index contributed by atoms with van der Waals surface area (Å²) in [5.74, 6) is -2.10. The fraction of sp³-hybridized carbons (Fsp3) is 0. The van der Waals surface area contributed by atoms with Gasteiger partial charge in [-0.2, -0.15) is 5.26 Å². The number of hydrogen-bond acceptors (Lipinski definition) is 1. The molecular formula is C13H6F3N. The van der Waals surface area contributed by atoms with E-state index in [-0.39, 0.29) is 16.7 Å². The molecule has 0 radical (unpaired) electrons. The molecule has 0 atom stereocenters. The van der Waals surface area contributed by atoms with Gasteiger partial charge in [0.25, 0.3) is 0 Å². The van der Waals surface area contributed by atoms with Crippen LogP contribution >= 0.6 is 0 Å². The van der Waals surface area contributed by atoms with E-state index in [0.717, 1.165) is 24.3 Å². The first-order valence-electron chi connectivity index (χ1n) is 4.77. The predicted molar refractivity (Wildman–Crippen MR) is 56.5 cm³/mol. The van der Waals surface area contributed by atoms with Gasteiger partial charge in [0.1, 0.15) is 23.5 Å². The number of nitrogens with zero attached hydrogens (tertiary/aromatic N) is 1. The van der Waals surface area contributed by atoms with Crippen molar-refractivity contribution in [1.82, 2.24) is 0 Å². The second-order valence-electron chi connectivity index (χ2n) is 3.40. The summed E-state index contributed by atoms with van der Waals surface area (Å²) in [5.41, 5.74) is -0.373. The Morgan fingerprint density at radius 2 is 1.65 bits per heavy atom. The van der Waals surface area contributed by atoms with E-state index in [1.165, 1.54) is 12.1 Å². The fourth-order valence-electron chi connectivity index (χ4n) is 1.57. The van der Waals surface area contributed by atoms with E-state index in [1.54, 1.807) is 6.07 Å². The van der Waals surface area contributed by atoms with Crippen LogP contribution in [-0.2, 0) is 0 Å². The standard InChI is InChI=1S/C13H6F3N/c14-8-4-5-13(16)10(6-8)9-2-1-3-12(15)11(9)7-17/h1-6H. The fourth-order valence-corrected chi connectivity index (χ4v) is 1.57. The highest BCUT2D eigenvalue weighted by Crippen LogP contribution is 2.28. The summed E-state index contributed by atoms with van der Waals surface area (Å²) in [7, 11) is 0. The number of nitriles is 1. The van der Waals surface area contributed by atoms with E-state index >= 15 is 0 Å². The Morgan fingerprint density at radius 3 is 2.35 bits per heavy atom. The van der Waals surface area contributed by atoms with Crippen LogP contribution in [0.15, 0.2) is 36.4 Å². The molecule has 0 unspecified atom stereocenters. The van der Waals surface area contributed by atoms with E-state index in [2.05, 4.69) is 0 Å². The number of rotatable bonds is 1. The first-order chi connectivity index (χ1) is 8.13. The largest absolute Gasteiger partial charge is 0.207 e. The maximum Gasteiger partial charge on any atom is 0.141 e. The molecule has 0 aliphatic carbocycles. The van der Waals surface area contributed by atoms with Gasteiger partial charge in [-0.05, 0) is 24.3 Å². The molecule has 0 spiro atoms. The van der Waals surface area contributed by atoms with Gasteiger partial charge >= 0.3 is 0 Å². The summed E-state index contributed by atoms with van der Waals surface area (Å²) in [6.07, 6.45) is 0. The molecule has 2 rings (SSSR count). The summed E-state index contributed by atoms with van der Waals surface area (Å²) in [5, 5.41) is 8.81. The third-order valence-corrected chi connectivity index (χ3v) is 2.34. The van der Waals surface area contributed by atoms with Crippen LogP contribution in [0.1, 0.15) is 5.56 Å². The SMILES string of the molecule is N#Cc1c(F)cccc1-c1cc(F)ccc1F. The Bertz CT molecular complexity index is 615. The van der Waals surface area contributed by atoms with Crippen LogP contribution in [-0.4, -0.2) is 0 Å². The lowest BCUT2D eigenvalue weighted by Crippen LogP contribution is -1.92. The van der Waals surface area contributed by atoms with Crippen LogP contribution in [0.4, 0.5) is 13.2 Å². The van der Waals surface area contributed by atoms with Gasteiger partial charge in [0.2, 0.25) is 0 Å². The maximum atomic E-state index is 13.5. The van der Waals surface area contributed by atoms with Crippen LogP contribution < -0.4 is 0 Å². The first-order valence-corrected chi connectivity index (χ1v) is 4.77. The number of hydrogen-bond donors (Lipinski definition) is 0. The zero-order valence-corrected chi connectivity index (χ0v) is 8.55. The second kappa shape index (κ2) is 4.30. The minimum absolute atomic E-state index is 0.0458. The van der Waals surface area contributed by atoms with E-state index in [4.69, 9.17) is 5.26 Å². The Balaban J connectivity index is 2.73. The molecule has 0 saturated carbocycles. The van der Waals surface area contributed by atoms with E-state index < -0.39 is 17.5 Å². The lowest BCUT2D eigenvalue weighted by Gasteiger charge is -2.06. The van der Waals surface area contributed by atoms with Gasteiger partial charge in [0.05, 0.1) is 5.56 Å². The van der Waals surface area contributed by atoms with E-state index in [9.17, 15) is 13.2 Å². The molecule has 0 heterocycles. The molecule has 17 heavy (non-hydrogen) atoms. The average molecular weight is 233 g/mol. The number of halogens is 3. The zero-order valence-electron chi connectivity index (χ0n) is 8.55. The zero-order chi connectivity index (χ0) is 12.4. The highest BCUT2D eigenvalue weighted by Gasteiger charge is 2.13. The van der Waals surface area contributed by atoms with Gasteiger partial charge in [0, 0.05) is 11.1 Å². The Labute approximate surface area is 95.7 Å². The Hall–Kier alpha value is -2.28. The van der Waals surface area contributed by atoms with Crippen LogP contribution in [0.2, 0.25) is 0 Å². The topological polar surface area (TPSA) is 23.8 Å². The van der Waals surface area contributed by atoms with Crippen LogP contribution in [0.5, 0.6) is 0 Å². The van der Waals surface area contributed by atoms with Crippen molar-refractivity contribution in [3.63, 3.8) is 0 Å². The Morgan fingerprint density at radius 1 is 0.882 bits per heavy atom. The number of benzene rings is 2. The van der Waals surface area contributed by atoms with Gasteiger partial charge in [0.15, 0.2) is 0 Å². The third kappa shape index (κ3) is 2.00. The van der Waals surface area contributed by atoms with Crippen molar-refractivity contribution in [3.05, 3.63) is 59.4 Å². The van der Waals surface area contributed by atoms with E-state index in [1.807, 2.05) is 0 Å². The first kappa shape index (κ1) is 11.2. The van der Waals surface area contributed by atoms with Crippen molar-refractivity contribution >= 4 is 0 Å². The van der Waals surface area contributed by atoms with Crippen LogP contribution in [0.25, 0.3) is 11.1 Å². The third-order valence-electron chi connectivity index (χ3n) is 2.34. The molecule has 0 N–H and O–H groups in total. The summed E-state index contributed by atoms with van der Waals surface area (Å²) < 4.78 is 39.9. The lowest BCUT2D eigenvalue weighted by molar-refractivity contribution is 0.602. The van der Waals surface area contributed by atoms with Gasteiger partial charge in [-0.1, -0.05) is 12.1 Å². The molecule has 0 saturated heterocycles. The van der Waals surface area contributed by atoms with Crippen molar-refractivity contribution in [2.45, 2.75) is 0 Å². The summed E-state index contributed by atoms with van der Waals surface area (Å²) in [6, 6.07) is 8.30. The monoisotopic (exact) mass is 233 g/mol.